The van der Waals surface area contributed by atoms with E-state index in [2.05, 4.69) is 32.3 Å². The molecule has 0 saturated carbocycles. The Morgan fingerprint density at radius 1 is 1.23 bits per heavy atom. The number of benzene rings is 2. The number of methoxy groups -OCH3 is 1. The van der Waals surface area contributed by atoms with Gasteiger partial charge in [-0.05, 0) is 18.2 Å². The average molecular weight is 414 g/mol. The van der Waals surface area contributed by atoms with Gasteiger partial charge in [0.15, 0.2) is 11.5 Å². The van der Waals surface area contributed by atoms with Gasteiger partial charge in [0.25, 0.3) is 0 Å². The van der Waals surface area contributed by atoms with E-state index in [1.54, 1.807) is 25.3 Å². The second kappa shape index (κ2) is 8.26. The van der Waals surface area contributed by atoms with Crippen molar-refractivity contribution >= 4 is 22.8 Å². The summed E-state index contributed by atoms with van der Waals surface area (Å²) >= 11 is 0. The molecule has 1 aromatic heterocycles. The molecule has 0 radical (unpaired) electrons. The first-order valence-electron chi connectivity index (χ1n) is 10.2. The second-order valence-electron chi connectivity index (χ2n) is 7.44. The van der Waals surface area contributed by atoms with Crippen molar-refractivity contribution < 1.29 is 14.3 Å². The number of fused-ring (bicyclic) bond motifs is 2. The molecule has 5 rings (SSSR count). The third kappa shape index (κ3) is 3.67. The van der Waals surface area contributed by atoms with Gasteiger partial charge in [-0.3, -0.25) is 14.8 Å². The summed E-state index contributed by atoms with van der Waals surface area (Å²) in [4.78, 5) is 15.3. The Kier molecular flexibility index (Phi) is 5.16. The first-order valence-corrected chi connectivity index (χ1v) is 10.2. The summed E-state index contributed by atoms with van der Waals surface area (Å²) < 4.78 is 11.5. The number of para-hydroxylation sites is 1. The molecule has 2 N–H and O–H groups in total. The van der Waals surface area contributed by atoms with Gasteiger partial charge in [-0.2, -0.15) is 5.10 Å². The standard InChI is InChI=1S/C24H22N4O3/c1-30-21-9-8-18-23(29)22(15-20-16-5-2-3-7-19(16)26-27-20)31-24(18)17(21)6-4-12-28-13-10-25-11-14-28/h2-3,5,7-9,15,25H,10-14H2,1H3,(H,26,27)/b22-15-. The van der Waals surface area contributed by atoms with Crippen LogP contribution in [0, 0.1) is 11.8 Å². The molecular formula is C24H22N4O3. The molecule has 0 atom stereocenters. The third-order valence-corrected chi connectivity index (χ3v) is 5.51. The van der Waals surface area contributed by atoms with Gasteiger partial charge in [-0.25, -0.2) is 0 Å². The number of H-pyrrole nitrogens is 1. The number of piperazine rings is 1. The zero-order valence-corrected chi connectivity index (χ0v) is 17.2. The number of ketones is 1. The van der Waals surface area contributed by atoms with Crippen molar-refractivity contribution in [2.75, 3.05) is 39.8 Å². The number of hydrogen-bond donors (Lipinski definition) is 2. The lowest BCUT2D eigenvalue weighted by molar-refractivity contribution is 0.101. The number of nitrogens with zero attached hydrogens (tertiary/aromatic N) is 2. The van der Waals surface area contributed by atoms with Crippen LogP contribution in [0.25, 0.3) is 17.0 Å². The number of ether oxygens (including phenoxy) is 2. The summed E-state index contributed by atoms with van der Waals surface area (Å²) in [5.74, 6) is 7.47. The quantitative estimate of drug-likeness (QED) is 0.506. The lowest BCUT2D eigenvalue weighted by atomic mass is 10.1. The highest BCUT2D eigenvalue weighted by Crippen LogP contribution is 2.39. The fourth-order valence-electron chi connectivity index (χ4n) is 3.85. The summed E-state index contributed by atoms with van der Waals surface area (Å²) in [6.07, 6.45) is 1.67. The lowest BCUT2D eigenvalue weighted by Crippen LogP contribution is -2.43. The zero-order valence-electron chi connectivity index (χ0n) is 17.2. The number of rotatable bonds is 3. The van der Waals surface area contributed by atoms with Crippen molar-refractivity contribution in [3.05, 3.63) is 59.0 Å². The number of Topliss-reactive ketones (excluding diaryl/α,β-unsaturated/α-hetero) is 1. The maximum Gasteiger partial charge on any atom is 0.232 e. The number of allylic oxidation sites excluding steroid dienone is 1. The summed E-state index contributed by atoms with van der Waals surface area (Å²) in [5, 5.41) is 11.6. The fourth-order valence-corrected chi connectivity index (χ4v) is 3.85. The van der Waals surface area contributed by atoms with Gasteiger partial charge in [-0.1, -0.05) is 30.0 Å². The molecule has 2 aliphatic rings. The molecule has 1 fully saturated rings. The van der Waals surface area contributed by atoms with Gasteiger partial charge < -0.3 is 14.8 Å². The monoisotopic (exact) mass is 414 g/mol. The van der Waals surface area contributed by atoms with E-state index < -0.39 is 0 Å². The van der Waals surface area contributed by atoms with Gasteiger partial charge >= 0.3 is 0 Å². The Bertz CT molecular complexity index is 1240. The Morgan fingerprint density at radius 2 is 2.06 bits per heavy atom. The summed E-state index contributed by atoms with van der Waals surface area (Å²) in [7, 11) is 1.59. The van der Waals surface area contributed by atoms with Crippen LogP contribution in [0.2, 0.25) is 0 Å². The molecule has 3 heterocycles. The van der Waals surface area contributed by atoms with E-state index in [-0.39, 0.29) is 11.5 Å². The minimum atomic E-state index is -0.185. The van der Waals surface area contributed by atoms with Crippen molar-refractivity contribution in [3.8, 4) is 23.3 Å². The van der Waals surface area contributed by atoms with Crippen molar-refractivity contribution in [2.24, 2.45) is 0 Å². The Labute approximate surface area is 180 Å². The van der Waals surface area contributed by atoms with Gasteiger partial charge in [0, 0.05) is 37.6 Å². The van der Waals surface area contributed by atoms with Crippen LogP contribution in [0.5, 0.6) is 11.5 Å². The van der Waals surface area contributed by atoms with E-state index >= 15 is 0 Å². The molecule has 0 aliphatic carbocycles. The highest BCUT2D eigenvalue weighted by molar-refractivity contribution is 6.15. The van der Waals surface area contributed by atoms with Crippen LogP contribution >= 0.6 is 0 Å². The van der Waals surface area contributed by atoms with Crippen molar-refractivity contribution in [1.29, 1.82) is 0 Å². The van der Waals surface area contributed by atoms with E-state index in [9.17, 15) is 4.79 Å². The average Bonchev–Trinajstić information content (AvgIpc) is 3.36. The zero-order chi connectivity index (χ0) is 21.2. The van der Waals surface area contributed by atoms with Gasteiger partial charge in [-0.15, -0.1) is 0 Å². The van der Waals surface area contributed by atoms with E-state index in [4.69, 9.17) is 9.47 Å². The molecule has 0 amide bonds. The number of carbonyl (C=O) groups is 1. The predicted molar refractivity (Wildman–Crippen MR) is 118 cm³/mol. The van der Waals surface area contributed by atoms with Crippen molar-refractivity contribution in [3.63, 3.8) is 0 Å². The third-order valence-electron chi connectivity index (χ3n) is 5.51. The molecule has 1 saturated heterocycles. The summed E-state index contributed by atoms with van der Waals surface area (Å²) in [5.41, 5.74) is 2.64. The van der Waals surface area contributed by atoms with E-state index in [1.807, 2.05) is 24.3 Å². The molecule has 3 aromatic rings. The molecule has 0 bridgehead atoms. The topological polar surface area (TPSA) is 79.5 Å². The van der Waals surface area contributed by atoms with E-state index in [0.29, 0.717) is 34.9 Å². The van der Waals surface area contributed by atoms with E-state index in [1.165, 1.54) is 0 Å². The normalized spacial score (nSPS) is 17.3. The first-order chi connectivity index (χ1) is 15.2. The van der Waals surface area contributed by atoms with Crippen molar-refractivity contribution in [2.45, 2.75) is 0 Å². The highest BCUT2D eigenvalue weighted by atomic mass is 16.5. The SMILES string of the molecule is COc1ccc2c(c1C#CCN1CCNCC1)O/C(=C\c1n[nH]c3ccccc13)C2=O. The molecular weight excluding hydrogens is 392 g/mol. The van der Waals surface area contributed by atoms with E-state index in [0.717, 1.165) is 37.1 Å². The molecule has 0 spiro atoms. The van der Waals surface area contributed by atoms with Gasteiger partial charge in [0.1, 0.15) is 11.3 Å². The first kappa shape index (κ1) is 19.4. The van der Waals surface area contributed by atoms with Crippen LogP contribution in [0.15, 0.2) is 42.2 Å². The number of hydrogen-bond acceptors (Lipinski definition) is 6. The van der Waals surface area contributed by atoms with Gasteiger partial charge in [0.2, 0.25) is 5.78 Å². The van der Waals surface area contributed by atoms with Crippen LogP contribution in [-0.2, 0) is 0 Å². The number of carbonyl (C=O) groups excluding carboxylic acids is 1. The van der Waals surface area contributed by atoms with Crippen LogP contribution < -0.4 is 14.8 Å². The smallest absolute Gasteiger partial charge is 0.232 e. The molecule has 0 unspecified atom stereocenters. The molecule has 2 aromatic carbocycles. The Hall–Kier alpha value is -3.60. The van der Waals surface area contributed by atoms with Crippen LogP contribution in [0.4, 0.5) is 0 Å². The Balaban J connectivity index is 1.47. The summed E-state index contributed by atoms with van der Waals surface area (Å²) in [6, 6.07) is 11.2. The molecule has 31 heavy (non-hydrogen) atoms. The largest absolute Gasteiger partial charge is 0.495 e. The predicted octanol–water partition coefficient (Wildman–Crippen LogP) is 2.44. The lowest BCUT2D eigenvalue weighted by Gasteiger charge is -2.24. The second-order valence-corrected chi connectivity index (χ2v) is 7.44. The van der Waals surface area contributed by atoms with Crippen molar-refractivity contribution in [1.82, 2.24) is 20.4 Å². The van der Waals surface area contributed by atoms with Crippen LogP contribution in [-0.4, -0.2) is 60.7 Å². The maximum atomic E-state index is 13.0. The number of aromatic nitrogens is 2. The minimum Gasteiger partial charge on any atom is -0.495 e. The fraction of sp³-hybridized carbons (Fsp3) is 0.250. The molecule has 2 aliphatic heterocycles. The summed E-state index contributed by atoms with van der Waals surface area (Å²) in [6.45, 7) is 4.54. The van der Waals surface area contributed by atoms with Crippen LogP contribution in [0.1, 0.15) is 21.6 Å². The van der Waals surface area contributed by atoms with Gasteiger partial charge in [0.05, 0.1) is 30.4 Å². The number of nitrogens with one attached hydrogen (secondary N) is 2. The van der Waals surface area contributed by atoms with Crippen LogP contribution in [0.3, 0.4) is 0 Å². The highest BCUT2D eigenvalue weighted by Gasteiger charge is 2.31. The maximum absolute atomic E-state index is 13.0. The minimum absolute atomic E-state index is 0.185. The molecule has 156 valence electrons. The molecule has 7 nitrogen and oxygen atoms in total. The Morgan fingerprint density at radius 3 is 2.90 bits per heavy atom. The number of aromatic amines is 1. The molecule has 7 heteroatoms.